The number of benzene rings is 1. The average molecular weight is 507 g/mol. The van der Waals surface area contributed by atoms with Crippen LogP contribution in [0.15, 0.2) is 60.1 Å². The molecule has 9 nitrogen and oxygen atoms in total. The van der Waals surface area contributed by atoms with Gasteiger partial charge in [-0.05, 0) is 41.3 Å². The van der Waals surface area contributed by atoms with Crippen molar-refractivity contribution < 1.29 is 14.9 Å². The summed E-state index contributed by atoms with van der Waals surface area (Å²) in [6, 6.07) is 10.9. The fourth-order valence-electron chi connectivity index (χ4n) is 3.72. The number of nitrogens with zero attached hydrogens (tertiary/aromatic N) is 6. The number of thioether (sulfide) groups is 1. The molecule has 3 heterocycles. The number of anilines is 1. The summed E-state index contributed by atoms with van der Waals surface area (Å²) in [5.41, 5.74) is 3.02. The normalized spacial score (nSPS) is 11.2. The van der Waals surface area contributed by atoms with Crippen LogP contribution < -0.4 is 4.90 Å². The minimum absolute atomic E-state index is 0.0496. The molecule has 36 heavy (non-hydrogen) atoms. The highest BCUT2D eigenvalue weighted by Crippen LogP contribution is 2.39. The van der Waals surface area contributed by atoms with Crippen LogP contribution in [-0.4, -0.2) is 62.3 Å². The Balaban J connectivity index is 1.77. The molecule has 4 aromatic rings. The third-order valence-corrected chi connectivity index (χ3v) is 6.74. The van der Waals surface area contributed by atoms with Crippen LogP contribution in [0.4, 0.5) is 5.82 Å². The number of hydrogen-bond donors (Lipinski definition) is 2. The summed E-state index contributed by atoms with van der Waals surface area (Å²) in [4.78, 5) is 10.8. The lowest BCUT2D eigenvalue weighted by Gasteiger charge is -2.18. The maximum absolute atomic E-state index is 10.7. The van der Waals surface area contributed by atoms with Crippen LogP contribution >= 0.6 is 11.8 Å². The summed E-state index contributed by atoms with van der Waals surface area (Å²) in [7, 11) is 3.63. The molecule has 0 amide bonds. The Morgan fingerprint density at radius 2 is 1.92 bits per heavy atom. The van der Waals surface area contributed by atoms with Gasteiger partial charge in [0.1, 0.15) is 17.3 Å². The van der Waals surface area contributed by atoms with Crippen molar-refractivity contribution in [3.8, 4) is 28.6 Å². The molecule has 188 valence electrons. The van der Waals surface area contributed by atoms with Gasteiger partial charge in [-0.25, -0.2) is 4.98 Å². The fourth-order valence-corrected chi connectivity index (χ4v) is 4.60. The van der Waals surface area contributed by atoms with Gasteiger partial charge in [-0.15, -0.1) is 10.2 Å². The second-order valence-electron chi connectivity index (χ2n) is 8.66. The SMILES string of the molecule is COCCN(C)c1ccc(-n2c(SCc3cccnc3)nnc2-c2cc(C(C)C)c(O)cc2O)cn1. The highest BCUT2D eigenvalue weighted by atomic mass is 32.2. The zero-order valence-electron chi connectivity index (χ0n) is 20.8. The predicted molar refractivity (Wildman–Crippen MR) is 141 cm³/mol. The number of methoxy groups -OCH3 is 1. The van der Waals surface area contributed by atoms with E-state index in [2.05, 4.69) is 20.2 Å². The Bertz CT molecular complexity index is 1300. The molecular formula is C26H30N6O3S. The largest absolute Gasteiger partial charge is 0.508 e. The second kappa shape index (κ2) is 11.4. The number of pyridine rings is 2. The smallest absolute Gasteiger partial charge is 0.196 e. The molecule has 0 aliphatic carbocycles. The summed E-state index contributed by atoms with van der Waals surface area (Å²) in [6.45, 7) is 5.28. The lowest BCUT2D eigenvalue weighted by molar-refractivity contribution is 0.206. The van der Waals surface area contributed by atoms with Gasteiger partial charge in [0.15, 0.2) is 11.0 Å². The Labute approximate surface area is 214 Å². The van der Waals surface area contributed by atoms with Crippen LogP contribution in [0.2, 0.25) is 0 Å². The van der Waals surface area contributed by atoms with E-state index in [1.807, 2.05) is 60.8 Å². The van der Waals surface area contributed by atoms with Crippen LogP contribution in [0, 0.1) is 0 Å². The maximum Gasteiger partial charge on any atom is 0.196 e. The summed E-state index contributed by atoms with van der Waals surface area (Å²) >= 11 is 1.52. The first-order valence-corrected chi connectivity index (χ1v) is 12.6. The molecule has 0 radical (unpaired) electrons. The highest BCUT2D eigenvalue weighted by molar-refractivity contribution is 7.98. The van der Waals surface area contributed by atoms with E-state index in [-0.39, 0.29) is 17.4 Å². The molecule has 3 aromatic heterocycles. The van der Waals surface area contributed by atoms with E-state index in [4.69, 9.17) is 4.74 Å². The minimum atomic E-state index is -0.0711. The lowest BCUT2D eigenvalue weighted by Crippen LogP contribution is -2.22. The van der Waals surface area contributed by atoms with Crippen LogP contribution in [-0.2, 0) is 10.5 Å². The number of phenols is 2. The van der Waals surface area contributed by atoms with Gasteiger partial charge in [-0.1, -0.05) is 31.7 Å². The number of hydrogen-bond acceptors (Lipinski definition) is 9. The van der Waals surface area contributed by atoms with Crippen molar-refractivity contribution >= 4 is 17.6 Å². The molecule has 0 aliphatic rings. The number of rotatable bonds is 10. The molecule has 4 rings (SSSR count). The van der Waals surface area contributed by atoms with E-state index in [1.165, 1.54) is 17.8 Å². The van der Waals surface area contributed by atoms with E-state index < -0.39 is 0 Å². The predicted octanol–water partition coefficient (Wildman–Crippen LogP) is 4.63. The molecule has 10 heteroatoms. The zero-order chi connectivity index (χ0) is 25.7. The summed E-state index contributed by atoms with van der Waals surface area (Å²) in [5, 5.41) is 30.6. The molecule has 1 aromatic carbocycles. The van der Waals surface area contributed by atoms with E-state index in [9.17, 15) is 10.2 Å². The Morgan fingerprint density at radius 3 is 2.58 bits per heavy atom. The maximum atomic E-state index is 10.7. The summed E-state index contributed by atoms with van der Waals surface area (Å²) < 4.78 is 7.05. The zero-order valence-corrected chi connectivity index (χ0v) is 21.6. The van der Waals surface area contributed by atoms with Gasteiger partial charge >= 0.3 is 0 Å². The molecular weight excluding hydrogens is 476 g/mol. The van der Waals surface area contributed by atoms with Gasteiger partial charge in [-0.2, -0.15) is 0 Å². The summed E-state index contributed by atoms with van der Waals surface area (Å²) in [6.07, 6.45) is 5.33. The van der Waals surface area contributed by atoms with Gasteiger partial charge in [-0.3, -0.25) is 9.55 Å². The van der Waals surface area contributed by atoms with Gasteiger partial charge < -0.3 is 19.8 Å². The molecule has 0 fully saturated rings. The Hall–Kier alpha value is -3.63. The highest BCUT2D eigenvalue weighted by Gasteiger charge is 2.22. The van der Waals surface area contributed by atoms with Crippen LogP contribution in [0.5, 0.6) is 11.5 Å². The molecule has 0 unspecified atom stereocenters. The second-order valence-corrected chi connectivity index (χ2v) is 9.61. The van der Waals surface area contributed by atoms with Crippen LogP contribution in [0.3, 0.4) is 0 Å². The van der Waals surface area contributed by atoms with E-state index >= 15 is 0 Å². The first-order valence-electron chi connectivity index (χ1n) is 11.6. The van der Waals surface area contributed by atoms with E-state index in [0.717, 1.165) is 22.6 Å². The third kappa shape index (κ3) is 5.60. The van der Waals surface area contributed by atoms with Crippen molar-refractivity contribution in [1.29, 1.82) is 0 Å². The van der Waals surface area contributed by atoms with E-state index in [0.29, 0.717) is 35.4 Å². The number of phenolic OH excluding ortho intramolecular Hbond substituents is 2. The molecule has 0 spiro atoms. The van der Waals surface area contributed by atoms with Crippen molar-refractivity contribution in [2.24, 2.45) is 0 Å². The average Bonchev–Trinajstić information content (AvgIpc) is 3.30. The van der Waals surface area contributed by atoms with Gasteiger partial charge in [0.25, 0.3) is 0 Å². The van der Waals surface area contributed by atoms with Crippen molar-refractivity contribution in [3.63, 3.8) is 0 Å². The number of aromatic nitrogens is 5. The number of likely N-dealkylation sites (N-methyl/N-ethyl adjacent to an activating group) is 1. The Kier molecular flexibility index (Phi) is 8.07. The monoisotopic (exact) mass is 506 g/mol. The van der Waals surface area contributed by atoms with E-state index in [1.54, 1.807) is 25.6 Å². The Morgan fingerprint density at radius 1 is 1.08 bits per heavy atom. The molecule has 0 bridgehead atoms. The fraction of sp³-hybridized carbons (Fsp3) is 0.308. The third-order valence-electron chi connectivity index (χ3n) is 5.74. The molecule has 0 atom stereocenters. The minimum Gasteiger partial charge on any atom is -0.508 e. The number of ether oxygens (including phenoxy) is 1. The van der Waals surface area contributed by atoms with Gasteiger partial charge in [0.2, 0.25) is 0 Å². The van der Waals surface area contributed by atoms with Crippen LogP contribution in [0.1, 0.15) is 30.9 Å². The quantitative estimate of drug-likeness (QED) is 0.297. The van der Waals surface area contributed by atoms with Crippen molar-refractivity contribution in [2.45, 2.75) is 30.7 Å². The van der Waals surface area contributed by atoms with Gasteiger partial charge in [0, 0.05) is 44.9 Å². The number of aromatic hydroxyl groups is 2. The van der Waals surface area contributed by atoms with Gasteiger partial charge in [0.05, 0.1) is 24.1 Å². The molecule has 2 N–H and O–H groups in total. The van der Waals surface area contributed by atoms with Crippen molar-refractivity contribution in [2.75, 3.05) is 32.2 Å². The molecule has 0 aliphatic heterocycles. The standard InChI is InChI=1S/C26H30N6O3S/c1-17(2)20-12-21(23(34)13-22(20)33)25-29-30-26(36-16-18-6-5-9-27-14-18)32(25)19-7-8-24(28-15-19)31(3)10-11-35-4/h5-9,12-15,17,33-34H,10-11,16H2,1-4H3. The first-order chi connectivity index (χ1) is 17.4. The first kappa shape index (κ1) is 25.5. The molecule has 0 saturated carbocycles. The van der Waals surface area contributed by atoms with Crippen LogP contribution in [0.25, 0.3) is 17.1 Å². The summed E-state index contributed by atoms with van der Waals surface area (Å²) in [5.74, 6) is 1.96. The molecule has 0 saturated heterocycles. The van der Waals surface area contributed by atoms with Crippen molar-refractivity contribution in [3.05, 3.63) is 66.1 Å². The van der Waals surface area contributed by atoms with Crippen molar-refractivity contribution in [1.82, 2.24) is 24.7 Å². The topological polar surface area (TPSA) is 109 Å². The lowest BCUT2D eigenvalue weighted by atomic mass is 9.98.